The Morgan fingerprint density at radius 3 is 2.78 bits per heavy atom. The Bertz CT molecular complexity index is 444. The van der Waals surface area contributed by atoms with E-state index in [1.807, 2.05) is 37.3 Å². The summed E-state index contributed by atoms with van der Waals surface area (Å²) in [7, 11) is 0. The molecule has 2 rings (SSSR count). The number of aliphatic hydroxyl groups excluding tert-OH is 1. The number of para-hydroxylation sites is 1. The lowest BCUT2D eigenvalue weighted by Crippen LogP contribution is -2.10. The van der Waals surface area contributed by atoms with Crippen molar-refractivity contribution in [3.8, 4) is 0 Å². The number of benzene rings is 1. The number of fused-ring (bicyclic) bond motifs is 1. The van der Waals surface area contributed by atoms with Gasteiger partial charge in [0.15, 0.2) is 0 Å². The van der Waals surface area contributed by atoms with Crippen LogP contribution in [0.15, 0.2) is 34.7 Å². The highest BCUT2D eigenvalue weighted by molar-refractivity contribution is 5.77. The van der Waals surface area contributed by atoms with Gasteiger partial charge in [-0.1, -0.05) is 18.2 Å². The number of furan rings is 1. The van der Waals surface area contributed by atoms with Gasteiger partial charge in [-0.15, -0.1) is 0 Å². The molecule has 1 heterocycles. The molecule has 1 atom stereocenters. The quantitative estimate of drug-likeness (QED) is 0.767. The van der Waals surface area contributed by atoms with Crippen LogP contribution in [0.25, 0.3) is 11.0 Å². The molecule has 0 saturated heterocycles. The van der Waals surface area contributed by atoms with E-state index in [1.54, 1.807) is 0 Å². The van der Waals surface area contributed by atoms with E-state index in [0.29, 0.717) is 25.6 Å². The number of ether oxygens (including phenoxy) is 2. The van der Waals surface area contributed by atoms with E-state index in [4.69, 9.17) is 13.9 Å². The first-order valence-electron chi connectivity index (χ1n) is 6.13. The molecule has 1 N–H and O–H groups in total. The van der Waals surface area contributed by atoms with Crippen molar-refractivity contribution in [3.05, 3.63) is 36.1 Å². The van der Waals surface area contributed by atoms with Gasteiger partial charge in [0.2, 0.25) is 0 Å². The van der Waals surface area contributed by atoms with E-state index in [1.165, 1.54) is 0 Å². The van der Waals surface area contributed by atoms with Crippen molar-refractivity contribution in [3.63, 3.8) is 0 Å². The molecule has 98 valence electrons. The second kappa shape index (κ2) is 6.54. The van der Waals surface area contributed by atoms with Gasteiger partial charge in [0, 0.05) is 12.0 Å². The van der Waals surface area contributed by atoms with Crippen LogP contribution < -0.4 is 0 Å². The van der Waals surface area contributed by atoms with Gasteiger partial charge in [-0.05, 0) is 19.1 Å². The average molecular weight is 250 g/mol. The molecular formula is C14H18O4. The SMILES string of the molecule is CCOCCOCC(O)c1cc2ccccc2o1. The predicted molar refractivity (Wildman–Crippen MR) is 68.5 cm³/mol. The third-order valence-electron chi connectivity index (χ3n) is 2.62. The fourth-order valence-electron chi connectivity index (χ4n) is 1.71. The zero-order chi connectivity index (χ0) is 12.8. The molecule has 0 amide bonds. The topological polar surface area (TPSA) is 51.8 Å². The van der Waals surface area contributed by atoms with E-state index in [0.717, 1.165) is 11.0 Å². The normalized spacial score (nSPS) is 13.0. The summed E-state index contributed by atoms with van der Waals surface area (Å²) < 4.78 is 16.0. The summed E-state index contributed by atoms with van der Waals surface area (Å²) in [6.07, 6.45) is -0.737. The van der Waals surface area contributed by atoms with Gasteiger partial charge < -0.3 is 19.0 Å². The average Bonchev–Trinajstić information content (AvgIpc) is 2.82. The van der Waals surface area contributed by atoms with Crippen LogP contribution in [0.3, 0.4) is 0 Å². The first-order chi connectivity index (χ1) is 8.81. The van der Waals surface area contributed by atoms with Crippen molar-refractivity contribution < 1.29 is 19.0 Å². The second-order valence-electron chi connectivity index (χ2n) is 3.97. The van der Waals surface area contributed by atoms with Gasteiger partial charge in [0.05, 0.1) is 19.8 Å². The van der Waals surface area contributed by atoms with Crippen LogP contribution in [-0.2, 0) is 9.47 Å². The molecule has 2 aromatic rings. The molecular weight excluding hydrogens is 232 g/mol. The standard InChI is InChI=1S/C14H18O4/c1-2-16-7-8-17-10-12(15)14-9-11-5-3-4-6-13(11)18-14/h3-6,9,12,15H,2,7-8,10H2,1H3. The summed E-state index contributed by atoms with van der Waals surface area (Å²) in [5, 5.41) is 10.9. The molecule has 4 heteroatoms. The number of aliphatic hydroxyl groups is 1. The maximum Gasteiger partial charge on any atom is 0.136 e. The van der Waals surface area contributed by atoms with E-state index in [9.17, 15) is 5.11 Å². The van der Waals surface area contributed by atoms with Crippen molar-refractivity contribution in [1.29, 1.82) is 0 Å². The molecule has 0 saturated carbocycles. The second-order valence-corrected chi connectivity index (χ2v) is 3.97. The van der Waals surface area contributed by atoms with Crippen molar-refractivity contribution in [2.45, 2.75) is 13.0 Å². The van der Waals surface area contributed by atoms with Crippen molar-refractivity contribution in [2.75, 3.05) is 26.4 Å². The maximum atomic E-state index is 9.92. The monoisotopic (exact) mass is 250 g/mol. The molecule has 4 nitrogen and oxygen atoms in total. The highest BCUT2D eigenvalue weighted by Gasteiger charge is 2.13. The lowest BCUT2D eigenvalue weighted by Gasteiger charge is -2.08. The van der Waals surface area contributed by atoms with Crippen LogP contribution >= 0.6 is 0 Å². The van der Waals surface area contributed by atoms with Crippen LogP contribution in [0.2, 0.25) is 0 Å². The summed E-state index contributed by atoms with van der Waals surface area (Å²) in [4.78, 5) is 0. The minimum atomic E-state index is -0.737. The Morgan fingerprint density at radius 1 is 1.22 bits per heavy atom. The Morgan fingerprint density at radius 2 is 2.00 bits per heavy atom. The van der Waals surface area contributed by atoms with Crippen molar-refractivity contribution >= 4 is 11.0 Å². The molecule has 18 heavy (non-hydrogen) atoms. The third-order valence-corrected chi connectivity index (χ3v) is 2.62. The lowest BCUT2D eigenvalue weighted by molar-refractivity contribution is -0.00112. The van der Waals surface area contributed by atoms with E-state index in [-0.39, 0.29) is 6.61 Å². The van der Waals surface area contributed by atoms with Gasteiger partial charge in [-0.2, -0.15) is 0 Å². The van der Waals surface area contributed by atoms with Gasteiger partial charge in [-0.25, -0.2) is 0 Å². The van der Waals surface area contributed by atoms with Gasteiger partial charge in [0.25, 0.3) is 0 Å². The Kier molecular flexibility index (Phi) is 4.75. The lowest BCUT2D eigenvalue weighted by atomic mass is 10.2. The minimum Gasteiger partial charge on any atom is -0.458 e. The van der Waals surface area contributed by atoms with E-state index < -0.39 is 6.10 Å². The summed E-state index contributed by atoms with van der Waals surface area (Å²) in [5.41, 5.74) is 0.779. The molecule has 0 spiro atoms. The van der Waals surface area contributed by atoms with Gasteiger partial charge >= 0.3 is 0 Å². The maximum absolute atomic E-state index is 9.92. The van der Waals surface area contributed by atoms with Crippen LogP contribution in [0.1, 0.15) is 18.8 Å². The summed E-state index contributed by atoms with van der Waals surface area (Å²) in [6, 6.07) is 9.51. The summed E-state index contributed by atoms with van der Waals surface area (Å²) in [6.45, 7) is 3.85. The smallest absolute Gasteiger partial charge is 0.136 e. The molecule has 1 aromatic heterocycles. The molecule has 1 unspecified atom stereocenters. The van der Waals surface area contributed by atoms with Gasteiger partial charge in [-0.3, -0.25) is 0 Å². The van der Waals surface area contributed by atoms with Crippen LogP contribution in [0.5, 0.6) is 0 Å². The predicted octanol–water partition coefficient (Wildman–Crippen LogP) is 2.52. The van der Waals surface area contributed by atoms with Crippen LogP contribution in [-0.4, -0.2) is 31.5 Å². The van der Waals surface area contributed by atoms with E-state index in [2.05, 4.69) is 0 Å². The highest BCUT2D eigenvalue weighted by atomic mass is 16.5. The number of rotatable bonds is 7. The molecule has 0 bridgehead atoms. The summed E-state index contributed by atoms with van der Waals surface area (Å²) >= 11 is 0. The molecule has 0 fully saturated rings. The first-order valence-corrected chi connectivity index (χ1v) is 6.13. The zero-order valence-corrected chi connectivity index (χ0v) is 10.5. The van der Waals surface area contributed by atoms with Crippen molar-refractivity contribution in [2.24, 2.45) is 0 Å². The molecule has 0 radical (unpaired) electrons. The van der Waals surface area contributed by atoms with Crippen molar-refractivity contribution in [1.82, 2.24) is 0 Å². The fourth-order valence-corrected chi connectivity index (χ4v) is 1.71. The molecule has 0 aliphatic heterocycles. The third kappa shape index (κ3) is 3.32. The highest BCUT2D eigenvalue weighted by Crippen LogP contribution is 2.23. The molecule has 1 aromatic carbocycles. The summed E-state index contributed by atoms with van der Waals surface area (Å²) in [5.74, 6) is 0.535. The molecule has 0 aliphatic rings. The fraction of sp³-hybridized carbons (Fsp3) is 0.429. The first kappa shape index (κ1) is 13.1. The minimum absolute atomic E-state index is 0.215. The Hall–Kier alpha value is -1.36. The molecule has 0 aliphatic carbocycles. The van der Waals surface area contributed by atoms with Crippen LogP contribution in [0, 0.1) is 0 Å². The van der Waals surface area contributed by atoms with E-state index >= 15 is 0 Å². The number of hydrogen-bond acceptors (Lipinski definition) is 4. The van der Waals surface area contributed by atoms with Gasteiger partial charge in [0.1, 0.15) is 17.4 Å². The van der Waals surface area contributed by atoms with Crippen LogP contribution in [0.4, 0.5) is 0 Å². The largest absolute Gasteiger partial charge is 0.458 e. The Balaban J connectivity index is 1.86. The number of hydrogen-bond donors (Lipinski definition) is 1. The Labute approximate surface area is 106 Å². The zero-order valence-electron chi connectivity index (χ0n) is 10.5.